The summed E-state index contributed by atoms with van der Waals surface area (Å²) in [7, 11) is 0. The number of hydrogen-bond donors (Lipinski definition) is 0. The second kappa shape index (κ2) is 8.82. The fourth-order valence-electron chi connectivity index (χ4n) is 4.44. The van der Waals surface area contributed by atoms with Crippen molar-refractivity contribution in [3.05, 3.63) is 82.2 Å². The van der Waals surface area contributed by atoms with E-state index in [2.05, 4.69) is 4.57 Å². The maximum atomic E-state index is 13.2. The van der Waals surface area contributed by atoms with Crippen LogP contribution in [-0.4, -0.2) is 41.9 Å². The third-order valence-electron chi connectivity index (χ3n) is 6.23. The first kappa shape index (κ1) is 21.9. The first-order chi connectivity index (χ1) is 16.4. The predicted octanol–water partition coefficient (Wildman–Crippen LogP) is 4.48. The molecule has 0 bridgehead atoms. The molecule has 0 amide bonds. The largest absolute Gasteiger partial charge is 0.486 e. The van der Waals surface area contributed by atoms with Crippen LogP contribution in [0.15, 0.2) is 48.5 Å². The van der Waals surface area contributed by atoms with Gasteiger partial charge in [0.1, 0.15) is 13.2 Å². The van der Waals surface area contributed by atoms with Crippen LogP contribution in [0.4, 0.5) is 0 Å². The molecule has 1 aliphatic carbocycles. The van der Waals surface area contributed by atoms with E-state index in [-0.39, 0.29) is 29.3 Å². The first-order valence-corrected chi connectivity index (χ1v) is 11.4. The minimum atomic E-state index is -0.717. The third kappa shape index (κ3) is 4.09. The number of benzene rings is 2. The van der Waals surface area contributed by atoms with Crippen molar-refractivity contribution in [1.29, 1.82) is 0 Å². The molecule has 0 N–H and O–H groups in total. The molecule has 2 heterocycles. The number of ether oxygens (including phenoxy) is 3. The molecule has 1 aliphatic heterocycles. The zero-order valence-electron chi connectivity index (χ0n) is 19.1. The third-order valence-corrected chi connectivity index (χ3v) is 6.23. The number of Topliss-reactive ketones (excluding diaryl/α,β-unsaturated/α-hetero) is 1. The molecule has 174 valence electrons. The highest BCUT2D eigenvalue weighted by atomic mass is 16.6. The Balaban J connectivity index is 1.32. The summed E-state index contributed by atoms with van der Waals surface area (Å²) >= 11 is 0. The summed E-state index contributed by atoms with van der Waals surface area (Å²) in [5.41, 5.74) is 3.17. The van der Waals surface area contributed by atoms with Crippen LogP contribution in [0.2, 0.25) is 0 Å². The van der Waals surface area contributed by atoms with Crippen LogP contribution < -0.4 is 9.47 Å². The van der Waals surface area contributed by atoms with Crippen molar-refractivity contribution >= 4 is 17.5 Å². The van der Waals surface area contributed by atoms with Crippen LogP contribution in [0, 0.1) is 13.8 Å². The smallest absolute Gasteiger partial charge is 0.339 e. The maximum absolute atomic E-state index is 13.2. The molecule has 5 rings (SSSR count). The van der Waals surface area contributed by atoms with Gasteiger partial charge in [0.2, 0.25) is 5.78 Å². The molecular weight excluding hydrogens is 434 g/mol. The fraction of sp³-hybridized carbons (Fsp3) is 0.296. The molecule has 7 nitrogen and oxygen atoms in total. The SMILES string of the molecule is Cc1cc(C(=O)COC(=O)c2ccccc2C(=O)c2ccc3c(c2)OCCO3)c(C)n1C1CC1. The number of carbonyl (C=O) groups is 3. The zero-order chi connectivity index (χ0) is 23.8. The Bertz CT molecular complexity index is 1300. The zero-order valence-corrected chi connectivity index (χ0v) is 19.1. The summed E-state index contributed by atoms with van der Waals surface area (Å²) in [6, 6.07) is 13.7. The normalized spacial score (nSPS) is 14.5. The Labute approximate surface area is 197 Å². The highest BCUT2D eigenvalue weighted by molar-refractivity contribution is 6.15. The number of nitrogens with zero attached hydrogens (tertiary/aromatic N) is 1. The van der Waals surface area contributed by atoms with Gasteiger partial charge in [0.25, 0.3) is 0 Å². The van der Waals surface area contributed by atoms with Gasteiger partial charge in [-0.15, -0.1) is 0 Å². The summed E-state index contributed by atoms with van der Waals surface area (Å²) in [6.07, 6.45) is 2.24. The molecule has 1 aromatic heterocycles. The second-order valence-electron chi connectivity index (χ2n) is 8.62. The summed E-state index contributed by atoms with van der Waals surface area (Å²) in [5, 5.41) is 0. The fourth-order valence-corrected chi connectivity index (χ4v) is 4.44. The number of aromatic nitrogens is 1. The summed E-state index contributed by atoms with van der Waals surface area (Å²) in [6.45, 7) is 4.37. The molecule has 1 fully saturated rings. The predicted molar refractivity (Wildman–Crippen MR) is 124 cm³/mol. The van der Waals surface area contributed by atoms with E-state index in [0.717, 1.165) is 24.2 Å². The van der Waals surface area contributed by atoms with Gasteiger partial charge >= 0.3 is 5.97 Å². The minimum absolute atomic E-state index is 0.110. The standard InChI is InChI=1S/C27H25NO6/c1-16-13-22(17(2)28(16)19-8-9-19)23(29)15-34-27(31)21-6-4-3-5-20(21)26(30)18-7-10-24-25(14-18)33-12-11-32-24/h3-7,10,13-14,19H,8-9,11-12,15H2,1-2H3. The Hall–Kier alpha value is -3.87. The van der Waals surface area contributed by atoms with E-state index >= 15 is 0 Å². The lowest BCUT2D eigenvalue weighted by atomic mass is 9.98. The molecule has 2 aliphatic rings. The Morgan fingerprint density at radius 2 is 1.62 bits per heavy atom. The van der Waals surface area contributed by atoms with Crippen LogP contribution >= 0.6 is 0 Å². The van der Waals surface area contributed by atoms with Crippen molar-refractivity contribution in [1.82, 2.24) is 4.57 Å². The summed E-state index contributed by atoms with van der Waals surface area (Å²) in [5.74, 6) is -0.250. The van der Waals surface area contributed by atoms with Crippen LogP contribution in [0.3, 0.4) is 0 Å². The van der Waals surface area contributed by atoms with Gasteiger partial charge in [-0.2, -0.15) is 0 Å². The second-order valence-corrected chi connectivity index (χ2v) is 8.62. The number of esters is 1. The van der Waals surface area contributed by atoms with Gasteiger partial charge in [-0.1, -0.05) is 18.2 Å². The van der Waals surface area contributed by atoms with E-state index in [0.29, 0.717) is 41.9 Å². The van der Waals surface area contributed by atoms with E-state index in [4.69, 9.17) is 14.2 Å². The molecule has 2 aromatic carbocycles. The lowest BCUT2D eigenvalue weighted by Gasteiger charge is -2.18. The quantitative estimate of drug-likeness (QED) is 0.383. The highest BCUT2D eigenvalue weighted by Crippen LogP contribution is 2.38. The molecular formula is C27H25NO6. The van der Waals surface area contributed by atoms with Gasteiger partial charge < -0.3 is 18.8 Å². The van der Waals surface area contributed by atoms with E-state index in [9.17, 15) is 14.4 Å². The van der Waals surface area contributed by atoms with Gasteiger partial charge in [0.05, 0.1) is 5.56 Å². The molecule has 34 heavy (non-hydrogen) atoms. The van der Waals surface area contributed by atoms with E-state index in [1.54, 1.807) is 36.4 Å². The Morgan fingerprint density at radius 1 is 0.912 bits per heavy atom. The van der Waals surface area contributed by atoms with Crippen LogP contribution in [0.5, 0.6) is 11.5 Å². The number of aryl methyl sites for hydroxylation is 1. The van der Waals surface area contributed by atoms with Crippen LogP contribution in [0.1, 0.15) is 66.9 Å². The van der Waals surface area contributed by atoms with E-state index < -0.39 is 5.97 Å². The number of ketones is 2. The molecule has 3 aromatic rings. The molecule has 0 spiro atoms. The number of carbonyl (C=O) groups excluding carboxylic acids is 3. The van der Waals surface area contributed by atoms with Gasteiger partial charge in [-0.3, -0.25) is 9.59 Å². The van der Waals surface area contributed by atoms with Crippen molar-refractivity contribution < 1.29 is 28.6 Å². The monoisotopic (exact) mass is 459 g/mol. The summed E-state index contributed by atoms with van der Waals surface area (Å²) < 4.78 is 18.6. The number of rotatable bonds is 7. The molecule has 0 atom stereocenters. The molecule has 0 radical (unpaired) electrons. The van der Waals surface area contributed by atoms with Crippen molar-refractivity contribution in [2.75, 3.05) is 19.8 Å². The van der Waals surface area contributed by atoms with E-state index in [1.807, 2.05) is 19.9 Å². The van der Waals surface area contributed by atoms with Crippen LogP contribution in [0.25, 0.3) is 0 Å². The van der Waals surface area contributed by atoms with Crippen molar-refractivity contribution in [3.63, 3.8) is 0 Å². The van der Waals surface area contributed by atoms with Gasteiger partial charge in [0.15, 0.2) is 23.9 Å². The molecule has 0 unspecified atom stereocenters. The molecule has 0 saturated heterocycles. The lowest BCUT2D eigenvalue weighted by molar-refractivity contribution is 0.0472. The number of hydrogen-bond acceptors (Lipinski definition) is 6. The average molecular weight is 459 g/mol. The minimum Gasteiger partial charge on any atom is -0.486 e. The summed E-state index contributed by atoms with van der Waals surface area (Å²) in [4.78, 5) is 38.9. The molecule has 1 saturated carbocycles. The number of fused-ring (bicyclic) bond motifs is 1. The lowest BCUT2D eigenvalue weighted by Crippen LogP contribution is -2.18. The Morgan fingerprint density at radius 3 is 2.35 bits per heavy atom. The van der Waals surface area contributed by atoms with Crippen molar-refractivity contribution in [2.24, 2.45) is 0 Å². The average Bonchev–Trinajstić information content (AvgIpc) is 3.65. The van der Waals surface area contributed by atoms with Gasteiger partial charge in [-0.25, -0.2) is 4.79 Å². The maximum Gasteiger partial charge on any atom is 0.339 e. The topological polar surface area (TPSA) is 83.8 Å². The van der Waals surface area contributed by atoms with Crippen molar-refractivity contribution in [3.8, 4) is 11.5 Å². The van der Waals surface area contributed by atoms with E-state index in [1.165, 1.54) is 6.07 Å². The highest BCUT2D eigenvalue weighted by Gasteiger charge is 2.29. The van der Waals surface area contributed by atoms with Crippen LogP contribution in [-0.2, 0) is 4.74 Å². The van der Waals surface area contributed by atoms with Crippen molar-refractivity contribution in [2.45, 2.75) is 32.7 Å². The van der Waals surface area contributed by atoms with Gasteiger partial charge in [-0.05, 0) is 57.0 Å². The molecule has 7 heteroatoms. The van der Waals surface area contributed by atoms with Gasteiger partial charge in [0, 0.05) is 34.1 Å². The Kier molecular flexibility index (Phi) is 5.69. The first-order valence-electron chi connectivity index (χ1n) is 11.4.